The average Bonchev–Trinajstić information content (AvgIpc) is 2.38. The smallest absolute Gasteiger partial charge is 0.0653 e. The molecule has 1 aliphatic rings. The Morgan fingerprint density at radius 1 is 1.30 bits per heavy atom. The standard InChI is InChI=1S/C17H28N2O/c1-5-14-6-7-16(15(18-14)12-13(2)3)19-10-8-17(4,20)9-11-19/h6-7,13,20H,5,8-12H2,1-4H3. The molecule has 20 heavy (non-hydrogen) atoms. The third-order valence-electron chi connectivity index (χ3n) is 4.15. The number of hydrogen-bond acceptors (Lipinski definition) is 3. The summed E-state index contributed by atoms with van der Waals surface area (Å²) in [6.45, 7) is 10.4. The highest BCUT2D eigenvalue weighted by Crippen LogP contribution is 2.29. The summed E-state index contributed by atoms with van der Waals surface area (Å²) in [5.41, 5.74) is 3.17. The average molecular weight is 276 g/mol. The highest BCUT2D eigenvalue weighted by molar-refractivity contribution is 5.52. The van der Waals surface area contributed by atoms with Gasteiger partial charge in [0, 0.05) is 18.8 Å². The lowest BCUT2D eigenvalue weighted by Crippen LogP contribution is -2.43. The molecule has 1 fully saturated rings. The summed E-state index contributed by atoms with van der Waals surface area (Å²) in [6.07, 6.45) is 3.68. The van der Waals surface area contributed by atoms with Crippen molar-refractivity contribution >= 4 is 5.69 Å². The molecule has 1 aromatic rings. The molecule has 0 aliphatic carbocycles. The SMILES string of the molecule is CCc1ccc(N2CCC(C)(O)CC2)c(CC(C)C)n1. The van der Waals surface area contributed by atoms with E-state index in [1.807, 2.05) is 6.92 Å². The molecule has 0 atom stereocenters. The van der Waals surface area contributed by atoms with Crippen LogP contribution in [0.25, 0.3) is 0 Å². The van der Waals surface area contributed by atoms with Crippen LogP contribution in [0.1, 0.15) is 51.9 Å². The Morgan fingerprint density at radius 3 is 2.50 bits per heavy atom. The predicted octanol–water partition coefficient (Wildman–Crippen LogP) is 3.19. The number of nitrogens with zero attached hydrogens (tertiary/aromatic N) is 2. The molecular weight excluding hydrogens is 248 g/mol. The van der Waals surface area contributed by atoms with E-state index in [4.69, 9.17) is 4.98 Å². The topological polar surface area (TPSA) is 36.4 Å². The molecule has 1 aliphatic heterocycles. The van der Waals surface area contributed by atoms with Crippen molar-refractivity contribution in [3.05, 3.63) is 23.5 Å². The highest BCUT2D eigenvalue weighted by Gasteiger charge is 2.28. The normalized spacial score (nSPS) is 18.6. The molecule has 1 N–H and O–H groups in total. The summed E-state index contributed by atoms with van der Waals surface area (Å²) in [5, 5.41) is 10.1. The molecule has 0 aromatic carbocycles. The molecule has 0 spiro atoms. The summed E-state index contributed by atoms with van der Waals surface area (Å²) in [4.78, 5) is 7.23. The Kier molecular flexibility index (Phi) is 4.69. The number of aryl methyl sites for hydroxylation is 1. The summed E-state index contributed by atoms with van der Waals surface area (Å²) in [6, 6.07) is 4.37. The van der Waals surface area contributed by atoms with Crippen molar-refractivity contribution in [2.75, 3.05) is 18.0 Å². The maximum atomic E-state index is 10.1. The van der Waals surface area contributed by atoms with E-state index in [9.17, 15) is 5.11 Å². The van der Waals surface area contributed by atoms with Gasteiger partial charge in [0.2, 0.25) is 0 Å². The first kappa shape index (κ1) is 15.3. The maximum absolute atomic E-state index is 10.1. The molecule has 1 saturated heterocycles. The zero-order valence-electron chi connectivity index (χ0n) is 13.3. The van der Waals surface area contributed by atoms with E-state index < -0.39 is 5.60 Å². The third kappa shape index (κ3) is 3.72. The zero-order valence-corrected chi connectivity index (χ0v) is 13.3. The number of anilines is 1. The number of rotatable bonds is 4. The van der Waals surface area contributed by atoms with Gasteiger partial charge in [0.15, 0.2) is 0 Å². The Balaban J connectivity index is 2.22. The second kappa shape index (κ2) is 6.13. The van der Waals surface area contributed by atoms with Gasteiger partial charge >= 0.3 is 0 Å². The van der Waals surface area contributed by atoms with E-state index in [0.29, 0.717) is 5.92 Å². The molecule has 0 saturated carbocycles. The third-order valence-corrected chi connectivity index (χ3v) is 4.15. The van der Waals surface area contributed by atoms with Crippen LogP contribution in [-0.2, 0) is 12.8 Å². The minimum Gasteiger partial charge on any atom is -0.390 e. The van der Waals surface area contributed by atoms with Crippen molar-refractivity contribution in [3.63, 3.8) is 0 Å². The van der Waals surface area contributed by atoms with Crippen LogP contribution in [0.3, 0.4) is 0 Å². The van der Waals surface area contributed by atoms with Crippen LogP contribution < -0.4 is 4.90 Å². The lowest BCUT2D eigenvalue weighted by molar-refractivity contribution is 0.0351. The Morgan fingerprint density at radius 2 is 1.95 bits per heavy atom. The van der Waals surface area contributed by atoms with Gasteiger partial charge in [-0.2, -0.15) is 0 Å². The maximum Gasteiger partial charge on any atom is 0.0653 e. The van der Waals surface area contributed by atoms with Gasteiger partial charge in [-0.25, -0.2) is 0 Å². The first-order valence-electron chi connectivity index (χ1n) is 7.87. The molecule has 112 valence electrons. The van der Waals surface area contributed by atoms with E-state index in [0.717, 1.165) is 38.8 Å². The van der Waals surface area contributed by atoms with Gasteiger partial charge < -0.3 is 10.0 Å². The molecule has 2 rings (SSSR count). The Bertz CT molecular complexity index is 444. The van der Waals surface area contributed by atoms with Crippen LogP contribution >= 0.6 is 0 Å². The van der Waals surface area contributed by atoms with Crippen molar-refractivity contribution in [1.82, 2.24) is 4.98 Å². The second-order valence-corrected chi connectivity index (χ2v) is 6.70. The minimum absolute atomic E-state index is 0.495. The quantitative estimate of drug-likeness (QED) is 0.917. The lowest BCUT2D eigenvalue weighted by atomic mass is 9.93. The molecule has 0 unspecified atom stereocenters. The second-order valence-electron chi connectivity index (χ2n) is 6.70. The van der Waals surface area contributed by atoms with Crippen LogP contribution in [0, 0.1) is 5.92 Å². The highest BCUT2D eigenvalue weighted by atomic mass is 16.3. The number of aromatic nitrogens is 1. The van der Waals surface area contributed by atoms with Crippen molar-refractivity contribution in [3.8, 4) is 0 Å². The van der Waals surface area contributed by atoms with Gasteiger partial charge in [0.1, 0.15) is 0 Å². The van der Waals surface area contributed by atoms with Crippen molar-refractivity contribution in [2.45, 2.75) is 59.0 Å². The van der Waals surface area contributed by atoms with Gasteiger partial charge in [-0.05, 0) is 50.7 Å². The fourth-order valence-corrected chi connectivity index (χ4v) is 2.79. The number of pyridine rings is 1. The molecule has 1 aromatic heterocycles. The Hall–Kier alpha value is -1.09. The number of aliphatic hydroxyl groups is 1. The minimum atomic E-state index is -0.495. The van der Waals surface area contributed by atoms with Crippen LogP contribution in [0.4, 0.5) is 5.69 Å². The molecule has 3 heteroatoms. The number of hydrogen-bond donors (Lipinski definition) is 1. The molecule has 0 bridgehead atoms. The van der Waals surface area contributed by atoms with Crippen molar-refractivity contribution in [2.24, 2.45) is 5.92 Å². The fraction of sp³-hybridized carbons (Fsp3) is 0.706. The van der Waals surface area contributed by atoms with E-state index in [-0.39, 0.29) is 0 Å². The monoisotopic (exact) mass is 276 g/mol. The molecule has 0 radical (unpaired) electrons. The van der Waals surface area contributed by atoms with Crippen LogP contribution in [0.15, 0.2) is 12.1 Å². The lowest BCUT2D eigenvalue weighted by Gasteiger charge is -2.38. The fourth-order valence-electron chi connectivity index (χ4n) is 2.79. The van der Waals surface area contributed by atoms with Gasteiger partial charge in [-0.3, -0.25) is 4.98 Å². The summed E-state index contributed by atoms with van der Waals surface area (Å²) >= 11 is 0. The van der Waals surface area contributed by atoms with Crippen LogP contribution in [0.2, 0.25) is 0 Å². The van der Waals surface area contributed by atoms with E-state index >= 15 is 0 Å². The summed E-state index contributed by atoms with van der Waals surface area (Å²) in [7, 11) is 0. The predicted molar refractivity (Wildman–Crippen MR) is 84.2 cm³/mol. The van der Waals surface area contributed by atoms with Gasteiger partial charge in [-0.1, -0.05) is 20.8 Å². The van der Waals surface area contributed by atoms with Crippen molar-refractivity contribution in [1.29, 1.82) is 0 Å². The zero-order chi connectivity index (χ0) is 14.8. The van der Waals surface area contributed by atoms with E-state index in [1.54, 1.807) is 0 Å². The number of piperidine rings is 1. The molecule has 2 heterocycles. The Labute approximate surface area is 123 Å². The van der Waals surface area contributed by atoms with Crippen molar-refractivity contribution < 1.29 is 5.11 Å². The largest absolute Gasteiger partial charge is 0.390 e. The molecular formula is C17H28N2O. The first-order valence-corrected chi connectivity index (χ1v) is 7.87. The summed E-state index contributed by atoms with van der Waals surface area (Å²) in [5.74, 6) is 0.612. The van der Waals surface area contributed by atoms with E-state index in [1.165, 1.54) is 17.1 Å². The van der Waals surface area contributed by atoms with Crippen LogP contribution in [-0.4, -0.2) is 28.8 Å². The first-order chi connectivity index (χ1) is 9.41. The molecule has 0 amide bonds. The van der Waals surface area contributed by atoms with Gasteiger partial charge in [0.25, 0.3) is 0 Å². The van der Waals surface area contributed by atoms with Gasteiger partial charge in [0.05, 0.1) is 17.0 Å². The van der Waals surface area contributed by atoms with Gasteiger partial charge in [-0.15, -0.1) is 0 Å². The van der Waals surface area contributed by atoms with Crippen LogP contribution in [0.5, 0.6) is 0 Å². The summed E-state index contributed by atoms with van der Waals surface area (Å²) < 4.78 is 0. The molecule has 3 nitrogen and oxygen atoms in total. The van der Waals surface area contributed by atoms with E-state index in [2.05, 4.69) is 37.8 Å².